The summed E-state index contributed by atoms with van der Waals surface area (Å²) in [4.78, 5) is 10.7. The molecule has 5 heteroatoms. The van der Waals surface area contributed by atoms with Gasteiger partial charge in [0.2, 0.25) is 0 Å². The molecule has 0 spiro atoms. The molecule has 0 saturated carbocycles. The van der Waals surface area contributed by atoms with Gasteiger partial charge < -0.3 is 9.90 Å². The molecule has 1 rings (SSSR count). The summed E-state index contributed by atoms with van der Waals surface area (Å²) >= 11 is 0. The van der Waals surface area contributed by atoms with Crippen molar-refractivity contribution < 1.29 is 23.1 Å². The van der Waals surface area contributed by atoms with Gasteiger partial charge in [-0.25, -0.2) is 13.2 Å². The lowest BCUT2D eigenvalue weighted by atomic mass is 9.94. The smallest absolute Gasteiger partial charge is 0.194 e. The van der Waals surface area contributed by atoms with Crippen LogP contribution in [-0.2, 0) is 4.79 Å². The zero-order chi connectivity index (χ0) is 12.3. The molecule has 16 heavy (non-hydrogen) atoms. The molecule has 0 saturated heterocycles. The maximum atomic E-state index is 12.9. The van der Waals surface area contributed by atoms with E-state index in [1.807, 2.05) is 0 Å². The highest BCUT2D eigenvalue weighted by atomic mass is 19.2. The highest BCUT2D eigenvalue weighted by Gasteiger charge is 2.18. The van der Waals surface area contributed by atoms with Gasteiger partial charge in [-0.05, 0) is 31.0 Å². The average molecular weight is 232 g/mol. The van der Waals surface area contributed by atoms with Crippen LogP contribution in [0.2, 0.25) is 0 Å². The van der Waals surface area contributed by atoms with Gasteiger partial charge in [-0.2, -0.15) is 0 Å². The van der Waals surface area contributed by atoms with Crippen molar-refractivity contribution in [1.29, 1.82) is 0 Å². The number of aldehydes is 1. The lowest BCUT2D eigenvalue weighted by Crippen LogP contribution is -2.11. The number of aliphatic hydroxyl groups excluding tert-OH is 1. The maximum Gasteiger partial charge on any atom is 0.194 e. The van der Waals surface area contributed by atoms with Gasteiger partial charge in [0.15, 0.2) is 17.5 Å². The first kappa shape index (κ1) is 12.7. The third-order valence-electron chi connectivity index (χ3n) is 2.19. The average Bonchev–Trinajstić information content (AvgIpc) is 2.21. The molecule has 1 N–H and O–H groups in total. The number of benzene rings is 1. The van der Waals surface area contributed by atoms with Gasteiger partial charge in [0.05, 0.1) is 6.10 Å². The van der Waals surface area contributed by atoms with E-state index in [-0.39, 0.29) is 12.0 Å². The second-order valence-electron chi connectivity index (χ2n) is 3.63. The summed E-state index contributed by atoms with van der Waals surface area (Å²) in [5.74, 6) is -5.09. The minimum Gasteiger partial charge on any atom is -0.393 e. The monoisotopic (exact) mass is 232 g/mol. The Morgan fingerprint density at radius 1 is 1.31 bits per heavy atom. The summed E-state index contributed by atoms with van der Waals surface area (Å²) in [6, 6.07) is 1.53. The summed E-state index contributed by atoms with van der Waals surface area (Å²) in [6.45, 7) is 1.45. The highest BCUT2D eigenvalue weighted by Crippen LogP contribution is 2.23. The Balaban J connectivity index is 3.06. The number of carbonyl (C=O) groups is 1. The second kappa shape index (κ2) is 5.12. The van der Waals surface area contributed by atoms with Crippen molar-refractivity contribution in [1.82, 2.24) is 0 Å². The van der Waals surface area contributed by atoms with E-state index < -0.39 is 29.5 Å². The standard InChI is InChI=1S/C11H11F3O2/c1-6(16)2-8(5-15)7-3-9(12)11(14)10(13)4-7/h3-6,8,16H,2H2,1H3. The normalized spacial score (nSPS) is 14.6. The molecule has 0 radical (unpaired) electrons. The van der Waals surface area contributed by atoms with E-state index in [4.69, 9.17) is 5.11 Å². The Bertz CT molecular complexity index is 368. The molecule has 2 unspecified atom stereocenters. The third kappa shape index (κ3) is 2.82. The summed E-state index contributed by atoms with van der Waals surface area (Å²) in [5, 5.41) is 9.09. The largest absolute Gasteiger partial charge is 0.393 e. The number of carbonyl (C=O) groups excluding carboxylic acids is 1. The van der Waals surface area contributed by atoms with Crippen LogP contribution in [0.15, 0.2) is 12.1 Å². The van der Waals surface area contributed by atoms with Crippen LogP contribution in [0.1, 0.15) is 24.8 Å². The predicted octanol–water partition coefficient (Wildman–Crippen LogP) is 2.16. The maximum absolute atomic E-state index is 12.9. The van der Waals surface area contributed by atoms with Gasteiger partial charge >= 0.3 is 0 Å². The minimum atomic E-state index is -1.56. The Morgan fingerprint density at radius 3 is 2.19 bits per heavy atom. The topological polar surface area (TPSA) is 37.3 Å². The van der Waals surface area contributed by atoms with Crippen molar-refractivity contribution in [2.45, 2.75) is 25.4 Å². The predicted molar refractivity (Wildman–Crippen MR) is 51.4 cm³/mol. The highest BCUT2D eigenvalue weighted by molar-refractivity contribution is 5.62. The van der Waals surface area contributed by atoms with Crippen molar-refractivity contribution in [2.75, 3.05) is 0 Å². The fourth-order valence-corrected chi connectivity index (χ4v) is 1.43. The zero-order valence-corrected chi connectivity index (χ0v) is 8.58. The Hall–Kier alpha value is -1.36. The van der Waals surface area contributed by atoms with Crippen molar-refractivity contribution in [2.24, 2.45) is 0 Å². The van der Waals surface area contributed by atoms with E-state index in [1.54, 1.807) is 0 Å². The molecule has 0 amide bonds. The van der Waals surface area contributed by atoms with E-state index >= 15 is 0 Å². The van der Waals surface area contributed by atoms with Gasteiger partial charge in [-0.15, -0.1) is 0 Å². The molecule has 0 heterocycles. The van der Waals surface area contributed by atoms with Gasteiger partial charge in [-0.1, -0.05) is 0 Å². The van der Waals surface area contributed by atoms with E-state index in [1.165, 1.54) is 6.92 Å². The molecule has 1 aromatic rings. The molecule has 0 aliphatic rings. The van der Waals surface area contributed by atoms with Crippen LogP contribution in [0.4, 0.5) is 13.2 Å². The molecular formula is C11H11F3O2. The van der Waals surface area contributed by atoms with Crippen molar-refractivity contribution >= 4 is 6.29 Å². The van der Waals surface area contributed by atoms with Crippen LogP contribution in [-0.4, -0.2) is 17.5 Å². The summed E-state index contributed by atoms with van der Waals surface area (Å²) < 4.78 is 38.4. The van der Waals surface area contributed by atoms with Crippen LogP contribution in [0.3, 0.4) is 0 Å². The fourth-order valence-electron chi connectivity index (χ4n) is 1.43. The summed E-state index contributed by atoms with van der Waals surface area (Å²) in [5.41, 5.74) is 0.0206. The molecule has 88 valence electrons. The number of aliphatic hydroxyl groups is 1. The van der Waals surface area contributed by atoms with Crippen LogP contribution in [0.5, 0.6) is 0 Å². The quantitative estimate of drug-likeness (QED) is 0.638. The van der Waals surface area contributed by atoms with Gasteiger partial charge in [0.1, 0.15) is 6.29 Å². The van der Waals surface area contributed by atoms with Crippen molar-refractivity contribution in [3.05, 3.63) is 35.1 Å². The van der Waals surface area contributed by atoms with Crippen LogP contribution in [0, 0.1) is 17.5 Å². The summed E-state index contributed by atoms with van der Waals surface area (Å²) in [6.07, 6.45) is -0.279. The first-order valence-electron chi connectivity index (χ1n) is 4.73. The van der Waals surface area contributed by atoms with Crippen LogP contribution in [0.25, 0.3) is 0 Å². The molecule has 1 aromatic carbocycles. The van der Waals surface area contributed by atoms with E-state index in [9.17, 15) is 18.0 Å². The Morgan fingerprint density at radius 2 is 1.81 bits per heavy atom. The van der Waals surface area contributed by atoms with E-state index in [2.05, 4.69) is 0 Å². The summed E-state index contributed by atoms with van der Waals surface area (Å²) in [7, 11) is 0. The number of halogens is 3. The van der Waals surface area contributed by atoms with Crippen LogP contribution < -0.4 is 0 Å². The van der Waals surface area contributed by atoms with Gasteiger partial charge in [0, 0.05) is 5.92 Å². The fraction of sp³-hybridized carbons (Fsp3) is 0.364. The minimum absolute atomic E-state index is 0.0206. The second-order valence-corrected chi connectivity index (χ2v) is 3.63. The first-order chi connectivity index (χ1) is 7.45. The molecule has 0 aliphatic heterocycles. The number of rotatable bonds is 4. The van der Waals surface area contributed by atoms with Crippen molar-refractivity contribution in [3.8, 4) is 0 Å². The van der Waals surface area contributed by atoms with Crippen LogP contribution >= 0.6 is 0 Å². The van der Waals surface area contributed by atoms with E-state index in [0.29, 0.717) is 6.29 Å². The molecule has 2 nitrogen and oxygen atoms in total. The third-order valence-corrected chi connectivity index (χ3v) is 2.19. The lowest BCUT2D eigenvalue weighted by Gasteiger charge is -2.13. The molecule has 0 aliphatic carbocycles. The lowest BCUT2D eigenvalue weighted by molar-refractivity contribution is -0.109. The van der Waals surface area contributed by atoms with E-state index in [0.717, 1.165) is 12.1 Å². The number of hydrogen-bond acceptors (Lipinski definition) is 2. The molecule has 0 aromatic heterocycles. The Kier molecular flexibility index (Phi) is 4.06. The van der Waals surface area contributed by atoms with Gasteiger partial charge in [-0.3, -0.25) is 0 Å². The first-order valence-corrected chi connectivity index (χ1v) is 4.73. The van der Waals surface area contributed by atoms with Gasteiger partial charge in [0.25, 0.3) is 0 Å². The molecule has 0 bridgehead atoms. The number of hydrogen-bond donors (Lipinski definition) is 1. The Labute approximate surface area is 90.7 Å². The molecule has 2 atom stereocenters. The zero-order valence-electron chi connectivity index (χ0n) is 8.58. The van der Waals surface area contributed by atoms with Crippen molar-refractivity contribution in [3.63, 3.8) is 0 Å². The SMILES string of the molecule is CC(O)CC(C=O)c1cc(F)c(F)c(F)c1. The molecule has 0 fully saturated rings. The molecular weight excluding hydrogens is 221 g/mol.